The van der Waals surface area contributed by atoms with Crippen molar-refractivity contribution in [3.63, 3.8) is 0 Å². The van der Waals surface area contributed by atoms with Crippen molar-refractivity contribution in [3.05, 3.63) is 182 Å². The van der Waals surface area contributed by atoms with E-state index in [1.54, 1.807) is 85.3 Å². The Kier molecular flexibility index (Phi) is 16.6. The van der Waals surface area contributed by atoms with E-state index in [0.717, 1.165) is 75.1 Å². The van der Waals surface area contributed by atoms with Crippen LogP contribution in [0.1, 0.15) is 0 Å². The van der Waals surface area contributed by atoms with Gasteiger partial charge in [0.2, 0.25) is 34.5 Å². The molecule has 12 nitrogen and oxygen atoms in total. The van der Waals surface area contributed by atoms with E-state index < -0.39 is 14.5 Å². The molecule has 0 heterocycles. The zero-order valence-electron chi connectivity index (χ0n) is 48.1. The van der Waals surface area contributed by atoms with Gasteiger partial charge < -0.3 is 56.8 Å². The highest BCUT2D eigenvalue weighted by atomic mass is 31.2. The molecule has 10 aromatic rings. The van der Waals surface area contributed by atoms with E-state index in [2.05, 4.69) is 109 Å². The van der Waals surface area contributed by atoms with Crippen molar-refractivity contribution < 1.29 is 56.8 Å². The molecule has 0 spiro atoms. The van der Waals surface area contributed by atoms with Crippen LogP contribution in [0.2, 0.25) is 0 Å². The highest BCUT2D eigenvalue weighted by molar-refractivity contribution is 8.03. The Labute approximate surface area is 480 Å². The smallest absolute Gasteiger partial charge is 0.204 e. The molecule has 0 radical (unpaired) electrons. The van der Waals surface area contributed by atoms with Crippen LogP contribution in [0.25, 0.3) is 32.7 Å². The molecule has 0 bridgehead atoms. The molecule has 14 heteroatoms. The van der Waals surface area contributed by atoms with Crippen LogP contribution in [-0.4, -0.2) is 85.3 Å². The Morgan fingerprint density at radius 3 is 0.622 bits per heavy atom. The molecule has 0 aliphatic carbocycles. The standard InChI is InChI=1S/C68H66O12P2/c1-69-47-27-17-33-55(63(47)75-7)81(56-34-18-28-48(70-2)64(56)76-8,57-35-19-29-49(71-3)65(57)77-9)53-41-39-43-23-13-15-25-45(43)61(53)62-46-26-16-14-24-44(46)40-42-54(62)82(58-36-20-30-50(72-4)66(58)78-10,59-37-21-31-51(73-5)67(59)79-11)60-38-22-32-52(74-6)68(60)80-12/h13-42H,1-12H3/q+2. The van der Waals surface area contributed by atoms with Crippen LogP contribution in [0.3, 0.4) is 0 Å². The number of para-hydroxylation sites is 6. The van der Waals surface area contributed by atoms with Gasteiger partial charge in [-0.05, 0) is 106 Å². The fourth-order valence-electron chi connectivity index (χ4n) is 12.0. The molecule has 0 N–H and O–H groups in total. The fraction of sp³-hybridized carbons (Fsp3) is 0.176. The molecule has 0 saturated carbocycles. The quantitative estimate of drug-likeness (QED) is 0.0639. The lowest BCUT2D eigenvalue weighted by Gasteiger charge is -2.35. The molecule has 10 aromatic carbocycles. The molecule has 0 atom stereocenters. The van der Waals surface area contributed by atoms with Crippen LogP contribution in [0.15, 0.2) is 182 Å². The number of ether oxygens (including phenoxy) is 12. The molecular weight excluding hydrogens is 1070 g/mol. The van der Waals surface area contributed by atoms with Gasteiger partial charge in [0.25, 0.3) is 0 Å². The number of benzene rings is 10. The fourth-order valence-corrected chi connectivity index (χ4v) is 21.7. The summed E-state index contributed by atoms with van der Waals surface area (Å²) in [5.41, 5.74) is 1.79. The molecule has 0 amide bonds. The average Bonchev–Trinajstić information content (AvgIpc) is 3.55. The first-order chi connectivity index (χ1) is 40.2. The Morgan fingerprint density at radius 2 is 0.415 bits per heavy atom. The summed E-state index contributed by atoms with van der Waals surface area (Å²) in [5, 5.41) is 10.4. The minimum absolute atomic E-state index is 0.510. The van der Waals surface area contributed by atoms with Crippen LogP contribution >= 0.6 is 14.5 Å². The third-order valence-corrected chi connectivity index (χ3v) is 23.9. The largest absolute Gasteiger partial charge is 0.493 e. The molecule has 0 fully saturated rings. The van der Waals surface area contributed by atoms with Crippen molar-refractivity contribution in [3.8, 4) is 80.1 Å². The van der Waals surface area contributed by atoms with Gasteiger partial charge in [0.1, 0.15) is 10.6 Å². The summed E-state index contributed by atoms with van der Waals surface area (Å²) in [7, 11) is 12.6. The van der Waals surface area contributed by atoms with E-state index in [1.807, 2.05) is 72.8 Å². The molecule has 0 unspecified atom stereocenters. The maximum Gasteiger partial charge on any atom is 0.204 e. The lowest BCUT2D eigenvalue weighted by atomic mass is 9.93. The minimum Gasteiger partial charge on any atom is -0.493 e. The molecule has 10 rings (SSSR count). The minimum atomic E-state index is -3.68. The Bertz CT molecular complexity index is 3450. The normalized spacial score (nSPS) is 11.4. The molecule has 82 heavy (non-hydrogen) atoms. The van der Waals surface area contributed by atoms with Gasteiger partial charge in [-0.2, -0.15) is 0 Å². The first-order valence-electron chi connectivity index (χ1n) is 26.3. The summed E-state index contributed by atoms with van der Waals surface area (Å²) in [6, 6.07) is 62.2. The Hall–Kier alpha value is -8.82. The number of hydrogen-bond donors (Lipinski definition) is 0. The van der Waals surface area contributed by atoms with Gasteiger partial charge in [0.15, 0.2) is 80.8 Å². The van der Waals surface area contributed by atoms with Crippen molar-refractivity contribution in [1.29, 1.82) is 0 Å². The van der Waals surface area contributed by atoms with Crippen LogP contribution < -0.4 is 99.3 Å². The molecule has 0 aromatic heterocycles. The number of methoxy groups -OCH3 is 12. The van der Waals surface area contributed by atoms with Gasteiger partial charge in [0.05, 0.1) is 85.3 Å². The van der Waals surface area contributed by atoms with Gasteiger partial charge in [-0.3, -0.25) is 0 Å². The van der Waals surface area contributed by atoms with Crippen molar-refractivity contribution in [2.75, 3.05) is 85.3 Å². The van der Waals surface area contributed by atoms with E-state index in [4.69, 9.17) is 56.8 Å². The zero-order valence-corrected chi connectivity index (χ0v) is 49.9. The lowest BCUT2D eigenvalue weighted by molar-refractivity contribution is 0.356. The average molecular weight is 1140 g/mol. The molecular formula is C68H66O12P2+2. The van der Waals surface area contributed by atoms with E-state index in [1.165, 1.54) is 0 Å². The van der Waals surface area contributed by atoms with E-state index in [9.17, 15) is 0 Å². The summed E-state index contributed by atoms with van der Waals surface area (Å²) < 4.78 is 77.8. The van der Waals surface area contributed by atoms with E-state index in [-0.39, 0.29) is 0 Å². The number of fused-ring (bicyclic) bond motifs is 2. The van der Waals surface area contributed by atoms with Gasteiger partial charge in [-0.25, -0.2) is 0 Å². The monoisotopic (exact) mass is 1140 g/mol. The first kappa shape index (κ1) is 56.5. The van der Waals surface area contributed by atoms with Crippen molar-refractivity contribution in [2.45, 2.75) is 0 Å². The van der Waals surface area contributed by atoms with E-state index in [0.29, 0.717) is 69.0 Å². The summed E-state index contributed by atoms with van der Waals surface area (Å²) in [4.78, 5) is 0. The topological polar surface area (TPSA) is 111 Å². The predicted octanol–water partition coefficient (Wildman–Crippen LogP) is 11.0. The molecule has 0 saturated heterocycles. The summed E-state index contributed by atoms with van der Waals surface area (Å²) in [6.45, 7) is 0. The summed E-state index contributed by atoms with van der Waals surface area (Å²) in [5.74, 6) is 6.18. The summed E-state index contributed by atoms with van der Waals surface area (Å²) >= 11 is 0. The van der Waals surface area contributed by atoms with Crippen molar-refractivity contribution >= 4 is 78.5 Å². The van der Waals surface area contributed by atoms with Crippen molar-refractivity contribution in [2.24, 2.45) is 0 Å². The highest BCUT2D eigenvalue weighted by Crippen LogP contribution is 2.67. The zero-order chi connectivity index (χ0) is 57.7. The number of rotatable bonds is 21. The maximum atomic E-state index is 6.68. The number of hydrogen-bond acceptors (Lipinski definition) is 12. The maximum absolute atomic E-state index is 6.68. The molecule has 0 aliphatic heterocycles. The van der Waals surface area contributed by atoms with E-state index >= 15 is 0 Å². The van der Waals surface area contributed by atoms with Crippen LogP contribution in [0.4, 0.5) is 0 Å². The SMILES string of the molecule is COc1cccc([P+](c2cccc(OC)c2OC)(c2cccc(OC)c2OC)c2ccc3ccccc3c2-c2c([P+](c3cccc(OC)c3OC)(c3cccc(OC)c3OC)c3cccc(OC)c3OC)ccc3ccccc23)c1OC. The second-order valence-electron chi connectivity index (χ2n) is 18.8. The van der Waals surface area contributed by atoms with Gasteiger partial charge in [-0.15, -0.1) is 0 Å². The Balaban J connectivity index is 1.61. The summed E-state index contributed by atoms with van der Waals surface area (Å²) in [6.07, 6.45) is 0. The highest BCUT2D eigenvalue weighted by Gasteiger charge is 2.60. The predicted molar refractivity (Wildman–Crippen MR) is 335 cm³/mol. The first-order valence-corrected chi connectivity index (χ1v) is 29.9. The van der Waals surface area contributed by atoms with Gasteiger partial charge in [0, 0.05) is 11.1 Å². The second-order valence-corrected chi connectivity index (χ2v) is 25.3. The molecule has 418 valence electrons. The van der Waals surface area contributed by atoms with Crippen LogP contribution in [0.5, 0.6) is 69.0 Å². The van der Waals surface area contributed by atoms with Crippen LogP contribution in [0, 0.1) is 0 Å². The van der Waals surface area contributed by atoms with Gasteiger partial charge in [-0.1, -0.05) is 97.1 Å². The van der Waals surface area contributed by atoms with Gasteiger partial charge >= 0.3 is 0 Å². The van der Waals surface area contributed by atoms with Crippen molar-refractivity contribution in [1.82, 2.24) is 0 Å². The Morgan fingerprint density at radius 1 is 0.195 bits per heavy atom. The molecule has 0 aliphatic rings. The third kappa shape index (κ3) is 8.84. The lowest BCUT2D eigenvalue weighted by Crippen LogP contribution is -2.43. The van der Waals surface area contributed by atoms with Crippen LogP contribution in [-0.2, 0) is 0 Å². The second kappa shape index (κ2) is 24.1. The third-order valence-electron chi connectivity index (χ3n) is 15.2.